The number of nitrogens with two attached hydrogens (primary N) is 1. The minimum absolute atomic E-state index is 0.332. The molecule has 6 heteroatoms. The predicted octanol–water partition coefficient (Wildman–Crippen LogP) is 2.06. The maximum atomic E-state index is 12.1. The highest BCUT2D eigenvalue weighted by Gasteiger charge is 2.15. The average molecular weight is 309 g/mol. The Morgan fingerprint density at radius 1 is 1.13 bits per heavy atom. The molecule has 0 heterocycles. The van der Waals surface area contributed by atoms with Crippen molar-refractivity contribution < 1.29 is 14.3 Å². The summed E-state index contributed by atoms with van der Waals surface area (Å²) in [6, 6.07) is 14.7. The van der Waals surface area contributed by atoms with Gasteiger partial charge >= 0.3 is 0 Å². The Kier molecular flexibility index (Phi) is 4.95. The summed E-state index contributed by atoms with van der Waals surface area (Å²) in [4.78, 5) is 23.1. The van der Waals surface area contributed by atoms with E-state index in [1.165, 1.54) is 12.1 Å². The number of rotatable bonds is 5. The van der Waals surface area contributed by atoms with Crippen LogP contribution in [0.15, 0.2) is 48.5 Å². The van der Waals surface area contributed by atoms with Crippen LogP contribution < -0.4 is 15.8 Å². The SMILES string of the molecule is C[C@@H](Oc1ccc(C#N)cc1)C(=O)Nc1ccc(C(N)=O)cc1. The summed E-state index contributed by atoms with van der Waals surface area (Å²) in [5, 5.41) is 11.4. The first kappa shape index (κ1) is 16.0. The number of nitrogens with one attached hydrogen (secondary N) is 1. The van der Waals surface area contributed by atoms with Gasteiger partial charge in [-0.2, -0.15) is 5.26 Å². The zero-order valence-corrected chi connectivity index (χ0v) is 12.4. The highest BCUT2D eigenvalue weighted by atomic mass is 16.5. The highest BCUT2D eigenvalue weighted by Crippen LogP contribution is 2.15. The molecule has 2 rings (SSSR count). The van der Waals surface area contributed by atoms with E-state index in [1.807, 2.05) is 6.07 Å². The normalized spacial score (nSPS) is 11.1. The molecular formula is C17H15N3O3. The van der Waals surface area contributed by atoms with Gasteiger partial charge in [0.05, 0.1) is 11.6 Å². The Morgan fingerprint density at radius 2 is 1.74 bits per heavy atom. The molecule has 2 aromatic rings. The van der Waals surface area contributed by atoms with Crippen LogP contribution in [0.5, 0.6) is 5.75 Å². The number of primary amides is 1. The van der Waals surface area contributed by atoms with Crippen molar-refractivity contribution in [2.75, 3.05) is 5.32 Å². The third-order valence-electron chi connectivity index (χ3n) is 3.10. The fourth-order valence-corrected chi connectivity index (χ4v) is 1.83. The molecule has 6 nitrogen and oxygen atoms in total. The number of hydrogen-bond acceptors (Lipinski definition) is 4. The number of nitrogens with zero attached hydrogens (tertiary/aromatic N) is 1. The molecule has 0 aliphatic carbocycles. The molecule has 3 N–H and O–H groups in total. The molecule has 0 fully saturated rings. The zero-order valence-electron chi connectivity index (χ0n) is 12.4. The van der Waals surface area contributed by atoms with E-state index in [9.17, 15) is 9.59 Å². The van der Waals surface area contributed by atoms with Gasteiger partial charge in [-0.05, 0) is 55.5 Å². The van der Waals surface area contributed by atoms with Crippen LogP contribution in [0.4, 0.5) is 5.69 Å². The van der Waals surface area contributed by atoms with E-state index in [2.05, 4.69) is 5.32 Å². The van der Waals surface area contributed by atoms with Gasteiger partial charge < -0.3 is 15.8 Å². The third-order valence-corrected chi connectivity index (χ3v) is 3.10. The van der Waals surface area contributed by atoms with Gasteiger partial charge in [0.25, 0.3) is 5.91 Å². The number of benzene rings is 2. The van der Waals surface area contributed by atoms with Crippen LogP contribution in [0.1, 0.15) is 22.8 Å². The number of anilines is 1. The lowest BCUT2D eigenvalue weighted by atomic mass is 10.2. The van der Waals surface area contributed by atoms with E-state index < -0.39 is 12.0 Å². The minimum atomic E-state index is -0.723. The average Bonchev–Trinajstić information content (AvgIpc) is 2.56. The molecule has 0 aliphatic rings. The maximum Gasteiger partial charge on any atom is 0.265 e. The molecular weight excluding hydrogens is 294 g/mol. The molecule has 0 radical (unpaired) electrons. The molecule has 0 bridgehead atoms. The summed E-state index contributed by atoms with van der Waals surface area (Å²) in [6.45, 7) is 1.62. The Morgan fingerprint density at radius 3 is 2.26 bits per heavy atom. The quantitative estimate of drug-likeness (QED) is 0.881. The molecule has 0 unspecified atom stereocenters. The van der Waals surface area contributed by atoms with Crippen LogP contribution in [0.25, 0.3) is 0 Å². The van der Waals surface area contributed by atoms with Gasteiger partial charge in [-0.1, -0.05) is 0 Å². The Hall–Kier alpha value is -3.33. The summed E-state index contributed by atoms with van der Waals surface area (Å²) in [5.74, 6) is -0.364. The second-order valence-corrected chi connectivity index (χ2v) is 4.83. The summed E-state index contributed by atoms with van der Waals surface area (Å²) in [5.41, 5.74) is 6.57. The van der Waals surface area contributed by atoms with Crippen molar-refractivity contribution in [3.05, 3.63) is 59.7 Å². The largest absolute Gasteiger partial charge is 0.481 e. The van der Waals surface area contributed by atoms with E-state index in [4.69, 9.17) is 15.7 Å². The van der Waals surface area contributed by atoms with Crippen molar-refractivity contribution in [1.29, 1.82) is 5.26 Å². The van der Waals surface area contributed by atoms with Gasteiger partial charge in [-0.25, -0.2) is 0 Å². The molecule has 1 atom stereocenters. The predicted molar refractivity (Wildman–Crippen MR) is 84.8 cm³/mol. The fraction of sp³-hybridized carbons (Fsp3) is 0.118. The fourth-order valence-electron chi connectivity index (χ4n) is 1.83. The molecule has 0 aliphatic heterocycles. The summed E-state index contributed by atoms with van der Waals surface area (Å²) in [6.07, 6.45) is -0.723. The Bertz CT molecular complexity index is 746. The first-order valence-corrected chi connectivity index (χ1v) is 6.87. The second-order valence-electron chi connectivity index (χ2n) is 4.83. The Balaban J connectivity index is 1.96. The van der Waals surface area contributed by atoms with E-state index in [-0.39, 0.29) is 5.91 Å². The van der Waals surface area contributed by atoms with Crippen molar-refractivity contribution in [1.82, 2.24) is 0 Å². The first-order chi connectivity index (χ1) is 11.0. The standard InChI is InChI=1S/C17H15N3O3/c1-11(23-15-8-2-12(10-18)3-9-15)17(22)20-14-6-4-13(5-7-14)16(19)21/h2-9,11H,1H3,(H2,19,21)(H,20,22)/t11-/m1/s1. The topological polar surface area (TPSA) is 105 Å². The molecule has 0 saturated heterocycles. The number of carbonyl (C=O) groups excluding carboxylic acids is 2. The van der Waals surface area contributed by atoms with Crippen molar-refractivity contribution in [3.8, 4) is 11.8 Å². The minimum Gasteiger partial charge on any atom is -0.481 e. The van der Waals surface area contributed by atoms with E-state index in [0.717, 1.165) is 0 Å². The van der Waals surface area contributed by atoms with Crippen LogP contribution in [0.2, 0.25) is 0 Å². The monoisotopic (exact) mass is 309 g/mol. The Labute approximate surface area is 133 Å². The van der Waals surface area contributed by atoms with Crippen molar-refractivity contribution in [3.63, 3.8) is 0 Å². The molecule has 0 saturated carbocycles. The van der Waals surface area contributed by atoms with Crippen LogP contribution >= 0.6 is 0 Å². The van der Waals surface area contributed by atoms with E-state index in [0.29, 0.717) is 22.6 Å². The second kappa shape index (κ2) is 7.09. The third kappa shape index (κ3) is 4.32. The van der Waals surface area contributed by atoms with Crippen molar-refractivity contribution >= 4 is 17.5 Å². The summed E-state index contributed by atoms with van der Waals surface area (Å²) in [7, 11) is 0. The van der Waals surface area contributed by atoms with Crippen LogP contribution in [0, 0.1) is 11.3 Å². The number of ether oxygens (including phenoxy) is 1. The van der Waals surface area contributed by atoms with Crippen LogP contribution in [0.3, 0.4) is 0 Å². The van der Waals surface area contributed by atoms with Gasteiger partial charge in [0.15, 0.2) is 6.10 Å². The van der Waals surface area contributed by atoms with Gasteiger partial charge in [-0.3, -0.25) is 9.59 Å². The number of carbonyl (C=O) groups is 2. The lowest BCUT2D eigenvalue weighted by Crippen LogP contribution is -2.30. The van der Waals surface area contributed by atoms with Gasteiger partial charge in [0.2, 0.25) is 5.91 Å². The molecule has 0 aromatic heterocycles. The molecule has 23 heavy (non-hydrogen) atoms. The van der Waals surface area contributed by atoms with Crippen LogP contribution in [-0.2, 0) is 4.79 Å². The van der Waals surface area contributed by atoms with Crippen molar-refractivity contribution in [2.45, 2.75) is 13.0 Å². The van der Waals surface area contributed by atoms with E-state index in [1.54, 1.807) is 43.3 Å². The number of nitriles is 1. The number of hydrogen-bond donors (Lipinski definition) is 2. The smallest absolute Gasteiger partial charge is 0.265 e. The lowest BCUT2D eigenvalue weighted by Gasteiger charge is -2.14. The van der Waals surface area contributed by atoms with Gasteiger partial charge in [0, 0.05) is 11.3 Å². The number of amides is 2. The lowest BCUT2D eigenvalue weighted by molar-refractivity contribution is -0.122. The molecule has 2 amide bonds. The van der Waals surface area contributed by atoms with Gasteiger partial charge in [-0.15, -0.1) is 0 Å². The summed E-state index contributed by atoms with van der Waals surface area (Å²) < 4.78 is 5.51. The van der Waals surface area contributed by atoms with Crippen molar-refractivity contribution in [2.24, 2.45) is 5.73 Å². The zero-order chi connectivity index (χ0) is 16.8. The molecule has 0 spiro atoms. The maximum absolute atomic E-state index is 12.1. The highest BCUT2D eigenvalue weighted by molar-refractivity contribution is 5.96. The summed E-state index contributed by atoms with van der Waals surface area (Å²) >= 11 is 0. The first-order valence-electron chi connectivity index (χ1n) is 6.87. The molecule has 2 aromatic carbocycles. The van der Waals surface area contributed by atoms with E-state index >= 15 is 0 Å². The van der Waals surface area contributed by atoms with Crippen LogP contribution in [-0.4, -0.2) is 17.9 Å². The molecule has 116 valence electrons. The van der Waals surface area contributed by atoms with Gasteiger partial charge in [0.1, 0.15) is 5.75 Å².